The van der Waals surface area contributed by atoms with Gasteiger partial charge in [0, 0.05) is 18.0 Å². The zero-order valence-corrected chi connectivity index (χ0v) is 11.0. The molecule has 0 amide bonds. The molecule has 0 spiro atoms. The van der Waals surface area contributed by atoms with Crippen LogP contribution in [0.4, 0.5) is 0 Å². The summed E-state index contributed by atoms with van der Waals surface area (Å²) >= 11 is 0. The van der Waals surface area contributed by atoms with Crippen molar-refractivity contribution >= 4 is 0 Å². The van der Waals surface area contributed by atoms with E-state index < -0.39 is 0 Å². The smallest absolute Gasteiger partial charge is 0.259 e. The Labute approximate surface area is 116 Å². The molecular weight excluding hydrogens is 250 g/mol. The van der Waals surface area contributed by atoms with Gasteiger partial charge in [0.1, 0.15) is 0 Å². The molecule has 20 heavy (non-hydrogen) atoms. The van der Waals surface area contributed by atoms with Gasteiger partial charge in [0.25, 0.3) is 5.56 Å². The Morgan fingerprint density at radius 1 is 0.950 bits per heavy atom. The molecule has 2 aromatic heterocycles. The van der Waals surface area contributed by atoms with Crippen molar-refractivity contribution in [1.82, 2.24) is 15.0 Å². The third kappa shape index (κ3) is 2.23. The van der Waals surface area contributed by atoms with E-state index >= 15 is 0 Å². The highest BCUT2D eigenvalue weighted by Gasteiger charge is 2.12. The summed E-state index contributed by atoms with van der Waals surface area (Å²) in [6.45, 7) is 2.01. The SMILES string of the molecule is Cc1ccc(-c2c(-c3ccncc3)nc[nH]c2=O)cc1. The standard InChI is InChI=1S/C16H13N3O/c1-11-2-4-12(5-3-11)14-15(18-10-19-16(14)20)13-6-8-17-9-7-13/h2-10H,1H3,(H,18,19,20). The third-order valence-corrected chi connectivity index (χ3v) is 3.15. The van der Waals surface area contributed by atoms with Crippen molar-refractivity contribution in [2.45, 2.75) is 6.92 Å². The van der Waals surface area contributed by atoms with Gasteiger partial charge in [-0.15, -0.1) is 0 Å². The minimum absolute atomic E-state index is 0.143. The van der Waals surface area contributed by atoms with Gasteiger partial charge in [-0.05, 0) is 24.6 Å². The van der Waals surface area contributed by atoms with Crippen molar-refractivity contribution in [3.8, 4) is 22.4 Å². The van der Waals surface area contributed by atoms with E-state index in [4.69, 9.17) is 0 Å². The normalized spacial score (nSPS) is 10.4. The van der Waals surface area contributed by atoms with Crippen molar-refractivity contribution in [2.75, 3.05) is 0 Å². The summed E-state index contributed by atoms with van der Waals surface area (Å²) in [5.74, 6) is 0. The Balaban J connectivity index is 2.25. The molecule has 1 aromatic carbocycles. The number of aromatic nitrogens is 3. The average Bonchev–Trinajstić information content (AvgIpc) is 2.49. The summed E-state index contributed by atoms with van der Waals surface area (Å²) in [7, 11) is 0. The van der Waals surface area contributed by atoms with E-state index in [0.717, 1.165) is 16.7 Å². The number of hydrogen-bond acceptors (Lipinski definition) is 3. The lowest BCUT2D eigenvalue weighted by molar-refractivity contribution is 1.12. The van der Waals surface area contributed by atoms with Crippen LogP contribution < -0.4 is 5.56 Å². The van der Waals surface area contributed by atoms with Gasteiger partial charge in [-0.2, -0.15) is 0 Å². The van der Waals surface area contributed by atoms with Crippen LogP contribution in [0.1, 0.15) is 5.56 Å². The van der Waals surface area contributed by atoms with Crippen molar-refractivity contribution in [3.63, 3.8) is 0 Å². The molecule has 0 aliphatic heterocycles. The van der Waals surface area contributed by atoms with Crippen LogP contribution in [0.25, 0.3) is 22.4 Å². The lowest BCUT2D eigenvalue weighted by Gasteiger charge is -2.07. The minimum atomic E-state index is -0.143. The molecule has 4 heteroatoms. The first-order valence-corrected chi connectivity index (χ1v) is 6.31. The van der Waals surface area contributed by atoms with Crippen molar-refractivity contribution in [2.24, 2.45) is 0 Å². The summed E-state index contributed by atoms with van der Waals surface area (Å²) < 4.78 is 0. The Bertz CT molecular complexity index is 777. The largest absolute Gasteiger partial charge is 0.313 e. The number of hydrogen-bond donors (Lipinski definition) is 1. The van der Waals surface area contributed by atoms with E-state index in [-0.39, 0.29) is 5.56 Å². The molecule has 2 heterocycles. The summed E-state index contributed by atoms with van der Waals surface area (Å²) in [6, 6.07) is 11.5. The number of aryl methyl sites for hydroxylation is 1. The molecule has 0 fully saturated rings. The second kappa shape index (κ2) is 5.09. The second-order valence-corrected chi connectivity index (χ2v) is 4.56. The Morgan fingerprint density at radius 3 is 2.35 bits per heavy atom. The quantitative estimate of drug-likeness (QED) is 0.773. The predicted molar refractivity (Wildman–Crippen MR) is 78.3 cm³/mol. The van der Waals surface area contributed by atoms with E-state index in [2.05, 4.69) is 15.0 Å². The fourth-order valence-electron chi connectivity index (χ4n) is 2.12. The highest BCUT2D eigenvalue weighted by molar-refractivity contribution is 5.79. The summed E-state index contributed by atoms with van der Waals surface area (Å²) in [5, 5.41) is 0. The topological polar surface area (TPSA) is 58.6 Å². The Kier molecular flexibility index (Phi) is 3.13. The van der Waals surface area contributed by atoms with Crippen LogP contribution in [0, 0.1) is 6.92 Å². The lowest BCUT2D eigenvalue weighted by Crippen LogP contribution is -2.11. The zero-order valence-electron chi connectivity index (χ0n) is 11.0. The molecule has 1 N–H and O–H groups in total. The van der Waals surface area contributed by atoms with Gasteiger partial charge in [0.15, 0.2) is 0 Å². The van der Waals surface area contributed by atoms with E-state index in [1.807, 2.05) is 43.3 Å². The fraction of sp³-hybridized carbons (Fsp3) is 0.0625. The minimum Gasteiger partial charge on any atom is -0.313 e. The Hall–Kier alpha value is -2.75. The van der Waals surface area contributed by atoms with Gasteiger partial charge in [-0.25, -0.2) is 4.98 Å². The number of aromatic amines is 1. The third-order valence-electron chi connectivity index (χ3n) is 3.15. The molecule has 0 aliphatic rings. The number of rotatable bonds is 2. The van der Waals surface area contributed by atoms with Gasteiger partial charge in [0.05, 0.1) is 17.6 Å². The molecule has 0 bridgehead atoms. The van der Waals surface area contributed by atoms with Gasteiger partial charge in [-0.1, -0.05) is 29.8 Å². The summed E-state index contributed by atoms with van der Waals surface area (Å²) in [6.07, 6.45) is 4.81. The van der Waals surface area contributed by atoms with E-state index in [1.54, 1.807) is 12.4 Å². The molecule has 0 unspecified atom stereocenters. The van der Waals surface area contributed by atoms with E-state index in [1.165, 1.54) is 6.33 Å². The Morgan fingerprint density at radius 2 is 1.65 bits per heavy atom. The van der Waals surface area contributed by atoms with Crippen LogP contribution in [-0.4, -0.2) is 15.0 Å². The van der Waals surface area contributed by atoms with Gasteiger partial charge in [-0.3, -0.25) is 9.78 Å². The maximum absolute atomic E-state index is 12.2. The number of H-pyrrole nitrogens is 1. The van der Waals surface area contributed by atoms with E-state index in [9.17, 15) is 4.79 Å². The number of pyridine rings is 1. The first-order valence-electron chi connectivity index (χ1n) is 6.31. The molecule has 3 aromatic rings. The van der Waals surface area contributed by atoms with Gasteiger partial charge < -0.3 is 4.98 Å². The van der Waals surface area contributed by atoms with Crippen molar-refractivity contribution in [3.05, 3.63) is 71.0 Å². The molecule has 0 saturated heterocycles. The zero-order chi connectivity index (χ0) is 13.9. The van der Waals surface area contributed by atoms with E-state index in [0.29, 0.717) is 11.3 Å². The first-order chi connectivity index (χ1) is 9.75. The van der Waals surface area contributed by atoms with Crippen LogP contribution in [0.15, 0.2) is 59.9 Å². The maximum atomic E-state index is 12.2. The fourth-order valence-corrected chi connectivity index (χ4v) is 2.12. The molecule has 0 aliphatic carbocycles. The van der Waals surface area contributed by atoms with Crippen LogP contribution in [0.5, 0.6) is 0 Å². The molecule has 0 saturated carbocycles. The van der Waals surface area contributed by atoms with Crippen molar-refractivity contribution < 1.29 is 0 Å². The molecule has 3 rings (SSSR count). The monoisotopic (exact) mass is 263 g/mol. The van der Waals surface area contributed by atoms with Crippen LogP contribution in [0.2, 0.25) is 0 Å². The number of nitrogens with zero attached hydrogens (tertiary/aromatic N) is 2. The molecule has 4 nitrogen and oxygen atoms in total. The molecular formula is C16H13N3O. The highest BCUT2D eigenvalue weighted by atomic mass is 16.1. The molecule has 98 valence electrons. The molecule has 0 atom stereocenters. The predicted octanol–water partition coefficient (Wildman–Crippen LogP) is 2.81. The van der Waals surface area contributed by atoms with Gasteiger partial charge >= 0.3 is 0 Å². The van der Waals surface area contributed by atoms with Crippen LogP contribution in [-0.2, 0) is 0 Å². The highest BCUT2D eigenvalue weighted by Crippen LogP contribution is 2.26. The lowest BCUT2D eigenvalue weighted by atomic mass is 10.0. The average molecular weight is 263 g/mol. The van der Waals surface area contributed by atoms with Crippen LogP contribution in [0.3, 0.4) is 0 Å². The van der Waals surface area contributed by atoms with Crippen LogP contribution >= 0.6 is 0 Å². The first kappa shape index (κ1) is 12.3. The maximum Gasteiger partial charge on any atom is 0.259 e. The summed E-state index contributed by atoms with van der Waals surface area (Å²) in [5.41, 5.74) is 3.99. The second-order valence-electron chi connectivity index (χ2n) is 4.56. The van der Waals surface area contributed by atoms with Gasteiger partial charge in [0.2, 0.25) is 0 Å². The van der Waals surface area contributed by atoms with Crippen molar-refractivity contribution in [1.29, 1.82) is 0 Å². The summed E-state index contributed by atoms with van der Waals surface area (Å²) in [4.78, 5) is 23.1. The number of nitrogens with one attached hydrogen (secondary N) is 1. The molecule has 0 radical (unpaired) electrons. The number of benzene rings is 1.